The highest BCUT2D eigenvalue weighted by atomic mass is 16.6. The molecule has 122 valence electrons. The van der Waals surface area contributed by atoms with Crippen LogP contribution in [0, 0.1) is 27.2 Å². The van der Waals surface area contributed by atoms with Gasteiger partial charge in [0.2, 0.25) is 5.91 Å². The molecule has 0 radical (unpaired) electrons. The lowest BCUT2D eigenvalue weighted by atomic mass is 10.1. The number of hydrogen-bond acceptors (Lipinski definition) is 5. The summed E-state index contributed by atoms with van der Waals surface area (Å²) in [5.74, 6) is -0.495. The van der Waals surface area contributed by atoms with Gasteiger partial charge in [0.05, 0.1) is 21.1 Å². The van der Waals surface area contributed by atoms with Crippen LogP contribution in [0.1, 0.15) is 11.1 Å². The molecule has 0 saturated carbocycles. The van der Waals surface area contributed by atoms with Gasteiger partial charge in [0.15, 0.2) is 0 Å². The lowest BCUT2D eigenvalue weighted by molar-refractivity contribution is -0.385. The number of anilines is 1. The number of benzene rings is 2. The fourth-order valence-corrected chi connectivity index (χ4v) is 2.05. The van der Waals surface area contributed by atoms with Crippen LogP contribution in [0.15, 0.2) is 48.5 Å². The molecule has 0 aliphatic rings. The molecule has 1 amide bonds. The summed E-state index contributed by atoms with van der Waals surface area (Å²) in [5.41, 5.74) is 1.01. The largest absolute Gasteiger partial charge is 0.322 e. The predicted molar refractivity (Wildman–Crippen MR) is 88.6 cm³/mol. The molecular weight excluding hydrogens is 314 g/mol. The summed E-state index contributed by atoms with van der Waals surface area (Å²) in [6.07, 6.45) is 2.63. The van der Waals surface area contributed by atoms with Gasteiger partial charge in [-0.15, -0.1) is 0 Å². The molecule has 0 spiro atoms. The molecule has 0 aliphatic heterocycles. The summed E-state index contributed by atoms with van der Waals surface area (Å²) in [5, 5.41) is 24.1. The number of hydrogen-bond donors (Lipinski definition) is 1. The van der Waals surface area contributed by atoms with Crippen molar-refractivity contribution in [3.05, 3.63) is 79.9 Å². The monoisotopic (exact) mass is 327 g/mol. The van der Waals surface area contributed by atoms with E-state index in [0.717, 1.165) is 0 Å². The van der Waals surface area contributed by atoms with Crippen LogP contribution in [-0.4, -0.2) is 15.8 Å². The third-order valence-electron chi connectivity index (χ3n) is 3.27. The van der Waals surface area contributed by atoms with E-state index in [1.165, 1.54) is 49.4 Å². The summed E-state index contributed by atoms with van der Waals surface area (Å²) in [6, 6.07) is 10.2. The van der Waals surface area contributed by atoms with Crippen molar-refractivity contribution in [3.63, 3.8) is 0 Å². The fraction of sp³-hybridized carbons (Fsp3) is 0.0625. The Bertz CT molecular complexity index is 845. The van der Waals surface area contributed by atoms with E-state index < -0.39 is 15.8 Å². The van der Waals surface area contributed by atoms with E-state index in [1.807, 2.05) is 0 Å². The standard InChI is InChI=1S/C16H13N3O5/c1-11-14(6-3-7-15(11)19(23)24)17-16(20)9-8-12-4-2-5-13(10-12)18(21)22/h2-10H,1H3,(H,17,20). The Kier molecular flexibility index (Phi) is 5.00. The summed E-state index contributed by atoms with van der Waals surface area (Å²) in [7, 11) is 0. The van der Waals surface area contributed by atoms with Crippen molar-refractivity contribution in [3.8, 4) is 0 Å². The molecule has 2 aromatic carbocycles. The van der Waals surface area contributed by atoms with Crippen LogP contribution in [0.25, 0.3) is 6.08 Å². The first-order chi connectivity index (χ1) is 11.4. The topological polar surface area (TPSA) is 115 Å². The smallest absolute Gasteiger partial charge is 0.274 e. The number of nitro benzene ring substituents is 2. The quantitative estimate of drug-likeness (QED) is 0.513. The lowest BCUT2D eigenvalue weighted by Gasteiger charge is -2.06. The molecular formula is C16H13N3O5. The van der Waals surface area contributed by atoms with Crippen molar-refractivity contribution >= 4 is 29.0 Å². The molecule has 0 aromatic heterocycles. The molecule has 1 N–H and O–H groups in total. The van der Waals surface area contributed by atoms with Gasteiger partial charge >= 0.3 is 0 Å². The SMILES string of the molecule is Cc1c(NC(=O)C=Cc2cccc([N+](=O)[O-])c2)cccc1[N+](=O)[O-]. The number of nitrogens with one attached hydrogen (secondary N) is 1. The van der Waals surface area contributed by atoms with E-state index in [9.17, 15) is 25.0 Å². The third kappa shape index (κ3) is 4.01. The Morgan fingerprint density at radius 1 is 1.08 bits per heavy atom. The van der Waals surface area contributed by atoms with Gasteiger partial charge in [-0.2, -0.15) is 0 Å². The zero-order valence-electron chi connectivity index (χ0n) is 12.6. The van der Waals surface area contributed by atoms with E-state index in [0.29, 0.717) is 16.8 Å². The van der Waals surface area contributed by atoms with Crippen LogP contribution in [0.3, 0.4) is 0 Å². The molecule has 0 saturated heterocycles. The van der Waals surface area contributed by atoms with Gasteiger partial charge < -0.3 is 5.32 Å². The molecule has 0 bridgehead atoms. The lowest BCUT2D eigenvalue weighted by Crippen LogP contribution is -2.09. The maximum Gasteiger partial charge on any atom is 0.274 e. The normalized spacial score (nSPS) is 10.5. The highest BCUT2D eigenvalue weighted by Gasteiger charge is 2.14. The fourth-order valence-electron chi connectivity index (χ4n) is 2.05. The number of rotatable bonds is 5. The molecule has 24 heavy (non-hydrogen) atoms. The van der Waals surface area contributed by atoms with Crippen molar-refractivity contribution in [2.75, 3.05) is 5.32 Å². The first kappa shape index (κ1) is 16.8. The summed E-state index contributed by atoms with van der Waals surface area (Å²) in [6.45, 7) is 1.54. The second-order valence-corrected chi connectivity index (χ2v) is 4.88. The zero-order chi connectivity index (χ0) is 17.7. The van der Waals surface area contributed by atoms with Gasteiger partial charge in [-0.25, -0.2) is 0 Å². The Hall–Kier alpha value is -3.55. The van der Waals surface area contributed by atoms with E-state index in [-0.39, 0.29) is 11.4 Å². The number of amides is 1. The van der Waals surface area contributed by atoms with Gasteiger partial charge in [-0.05, 0) is 24.6 Å². The summed E-state index contributed by atoms with van der Waals surface area (Å²) in [4.78, 5) is 32.5. The molecule has 0 heterocycles. The molecule has 0 atom stereocenters. The Morgan fingerprint density at radius 3 is 2.46 bits per heavy atom. The van der Waals surface area contributed by atoms with Crippen LogP contribution in [0.4, 0.5) is 17.1 Å². The average Bonchev–Trinajstić information content (AvgIpc) is 2.55. The third-order valence-corrected chi connectivity index (χ3v) is 3.27. The number of nitro groups is 2. The molecule has 2 rings (SSSR count). The minimum Gasteiger partial charge on any atom is -0.322 e. The van der Waals surface area contributed by atoms with Crippen molar-refractivity contribution < 1.29 is 14.6 Å². The van der Waals surface area contributed by atoms with E-state index in [4.69, 9.17) is 0 Å². The van der Waals surface area contributed by atoms with Crippen molar-refractivity contribution in [2.45, 2.75) is 6.92 Å². The second-order valence-electron chi connectivity index (χ2n) is 4.88. The summed E-state index contributed by atoms with van der Waals surface area (Å²) < 4.78 is 0. The molecule has 0 fully saturated rings. The van der Waals surface area contributed by atoms with Crippen LogP contribution in [-0.2, 0) is 4.79 Å². The van der Waals surface area contributed by atoms with E-state index in [1.54, 1.807) is 12.1 Å². The molecule has 0 aliphatic carbocycles. The van der Waals surface area contributed by atoms with Crippen LogP contribution < -0.4 is 5.32 Å². The van der Waals surface area contributed by atoms with Gasteiger partial charge in [0, 0.05) is 24.3 Å². The van der Waals surface area contributed by atoms with Crippen LogP contribution in [0.2, 0.25) is 0 Å². The minimum atomic E-state index is -0.524. The highest BCUT2D eigenvalue weighted by Crippen LogP contribution is 2.25. The Balaban J connectivity index is 2.14. The number of non-ortho nitro benzene ring substituents is 1. The number of nitrogens with zero attached hydrogens (tertiary/aromatic N) is 2. The maximum absolute atomic E-state index is 11.9. The van der Waals surface area contributed by atoms with Gasteiger partial charge in [-0.3, -0.25) is 25.0 Å². The first-order valence-electron chi connectivity index (χ1n) is 6.86. The summed E-state index contributed by atoms with van der Waals surface area (Å²) >= 11 is 0. The maximum atomic E-state index is 11.9. The van der Waals surface area contributed by atoms with Gasteiger partial charge in [0.25, 0.3) is 11.4 Å². The predicted octanol–water partition coefficient (Wildman–Crippen LogP) is 3.46. The highest BCUT2D eigenvalue weighted by molar-refractivity contribution is 6.02. The van der Waals surface area contributed by atoms with Gasteiger partial charge in [0.1, 0.15) is 0 Å². The molecule has 2 aromatic rings. The molecule has 0 unspecified atom stereocenters. The Morgan fingerprint density at radius 2 is 1.79 bits per heavy atom. The van der Waals surface area contributed by atoms with Gasteiger partial charge in [-0.1, -0.05) is 18.2 Å². The van der Waals surface area contributed by atoms with E-state index >= 15 is 0 Å². The second kappa shape index (κ2) is 7.14. The van der Waals surface area contributed by atoms with Crippen LogP contribution in [0.5, 0.6) is 0 Å². The number of carbonyl (C=O) groups is 1. The molecule has 8 heteroatoms. The van der Waals surface area contributed by atoms with Crippen molar-refractivity contribution in [2.24, 2.45) is 0 Å². The minimum absolute atomic E-state index is 0.0768. The van der Waals surface area contributed by atoms with Crippen LogP contribution >= 0.6 is 0 Å². The zero-order valence-corrected chi connectivity index (χ0v) is 12.6. The van der Waals surface area contributed by atoms with Crippen molar-refractivity contribution in [1.82, 2.24) is 0 Å². The number of carbonyl (C=O) groups excluding carboxylic acids is 1. The van der Waals surface area contributed by atoms with Crippen molar-refractivity contribution in [1.29, 1.82) is 0 Å². The Labute approximate surface area is 136 Å². The van der Waals surface area contributed by atoms with E-state index in [2.05, 4.69) is 5.32 Å². The molecule has 8 nitrogen and oxygen atoms in total. The first-order valence-corrected chi connectivity index (χ1v) is 6.86. The average molecular weight is 327 g/mol.